The molecule has 0 spiro atoms. The molecule has 3 aromatic rings. The molecule has 4 nitrogen and oxygen atoms in total. The number of hydrogen-bond donors (Lipinski definition) is 1. The number of aromatic carboxylic acids is 1. The highest BCUT2D eigenvalue weighted by Crippen LogP contribution is 2.21. The van der Waals surface area contributed by atoms with Crippen molar-refractivity contribution in [1.82, 2.24) is 9.38 Å². The fraction of sp³-hybridized carbons (Fsp3) is 0.0769. The number of carboxylic acids is 1. The highest BCUT2D eigenvalue weighted by molar-refractivity contribution is 5.96. The summed E-state index contributed by atoms with van der Waals surface area (Å²) < 4.78 is 1.74. The maximum Gasteiger partial charge on any atom is 0.356 e. The van der Waals surface area contributed by atoms with Crippen LogP contribution in [0.3, 0.4) is 0 Å². The van der Waals surface area contributed by atoms with Crippen LogP contribution in [0.15, 0.2) is 36.7 Å². The molecule has 3 rings (SSSR count). The summed E-state index contributed by atoms with van der Waals surface area (Å²) in [6, 6.07) is 8.01. The number of carboxylic acid groups (broad SMARTS) is 1. The van der Waals surface area contributed by atoms with Crippen LogP contribution in [-0.2, 0) is 0 Å². The zero-order chi connectivity index (χ0) is 12.0. The van der Waals surface area contributed by atoms with Crippen molar-refractivity contribution >= 4 is 22.4 Å². The van der Waals surface area contributed by atoms with Crippen LogP contribution in [0.4, 0.5) is 0 Å². The molecule has 17 heavy (non-hydrogen) atoms. The number of carbonyl (C=O) groups is 1. The van der Waals surface area contributed by atoms with Crippen molar-refractivity contribution < 1.29 is 9.90 Å². The van der Waals surface area contributed by atoms with Crippen molar-refractivity contribution in [3.05, 3.63) is 47.9 Å². The summed E-state index contributed by atoms with van der Waals surface area (Å²) in [4.78, 5) is 15.0. The van der Waals surface area contributed by atoms with Gasteiger partial charge in [-0.25, -0.2) is 9.78 Å². The molecule has 0 aliphatic heterocycles. The molecule has 0 unspecified atom stereocenters. The topological polar surface area (TPSA) is 54.6 Å². The summed E-state index contributed by atoms with van der Waals surface area (Å²) in [6.07, 6.45) is 3.35. The minimum absolute atomic E-state index is 0.0685. The van der Waals surface area contributed by atoms with Gasteiger partial charge < -0.3 is 9.51 Å². The first kappa shape index (κ1) is 9.84. The molecule has 0 saturated heterocycles. The summed E-state index contributed by atoms with van der Waals surface area (Å²) in [6.45, 7) is 2.00. The minimum atomic E-state index is -1.01. The zero-order valence-electron chi connectivity index (χ0n) is 9.21. The number of rotatable bonds is 1. The SMILES string of the molecule is Cc1ccc2ccn3cc(C(=O)O)nc3c2c1. The number of aromatic nitrogens is 2. The van der Waals surface area contributed by atoms with E-state index in [4.69, 9.17) is 5.11 Å². The van der Waals surface area contributed by atoms with Gasteiger partial charge in [0.25, 0.3) is 0 Å². The van der Waals surface area contributed by atoms with Crippen LogP contribution in [0.5, 0.6) is 0 Å². The first-order valence-corrected chi connectivity index (χ1v) is 5.26. The van der Waals surface area contributed by atoms with Gasteiger partial charge in [-0.05, 0) is 24.4 Å². The lowest BCUT2D eigenvalue weighted by Crippen LogP contribution is -1.94. The largest absolute Gasteiger partial charge is 0.476 e. The van der Waals surface area contributed by atoms with E-state index in [-0.39, 0.29) is 5.69 Å². The van der Waals surface area contributed by atoms with E-state index in [1.807, 2.05) is 37.4 Å². The van der Waals surface area contributed by atoms with Crippen molar-refractivity contribution in [2.45, 2.75) is 6.92 Å². The van der Waals surface area contributed by atoms with Gasteiger partial charge in [0.15, 0.2) is 5.69 Å². The highest BCUT2D eigenvalue weighted by Gasteiger charge is 2.10. The normalized spacial score (nSPS) is 11.1. The number of benzene rings is 1. The third-order valence-corrected chi connectivity index (χ3v) is 2.82. The summed E-state index contributed by atoms with van der Waals surface area (Å²) in [5, 5.41) is 11.0. The number of aryl methyl sites for hydroxylation is 1. The van der Waals surface area contributed by atoms with Gasteiger partial charge in [0, 0.05) is 17.8 Å². The fourth-order valence-electron chi connectivity index (χ4n) is 1.98. The zero-order valence-corrected chi connectivity index (χ0v) is 9.21. The Labute approximate surface area is 97.1 Å². The Morgan fingerprint density at radius 3 is 2.94 bits per heavy atom. The van der Waals surface area contributed by atoms with Crippen LogP contribution < -0.4 is 0 Å². The van der Waals surface area contributed by atoms with Gasteiger partial charge in [0.1, 0.15) is 5.65 Å². The second-order valence-electron chi connectivity index (χ2n) is 4.07. The van der Waals surface area contributed by atoms with E-state index in [1.54, 1.807) is 4.40 Å². The van der Waals surface area contributed by atoms with E-state index >= 15 is 0 Å². The van der Waals surface area contributed by atoms with E-state index in [9.17, 15) is 4.79 Å². The molecule has 1 aromatic carbocycles. The number of imidazole rings is 1. The lowest BCUT2D eigenvalue weighted by Gasteiger charge is -2.01. The van der Waals surface area contributed by atoms with E-state index in [0.29, 0.717) is 5.65 Å². The molecule has 0 aliphatic carbocycles. The molecule has 84 valence electrons. The van der Waals surface area contributed by atoms with Gasteiger partial charge in [-0.1, -0.05) is 17.7 Å². The quantitative estimate of drug-likeness (QED) is 0.693. The molecule has 0 atom stereocenters. The maximum atomic E-state index is 10.9. The van der Waals surface area contributed by atoms with E-state index in [0.717, 1.165) is 16.3 Å². The van der Waals surface area contributed by atoms with Crippen molar-refractivity contribution in [2.75, 3.05) is 0 Å². The summed E-state index contributed by atoms with van der Waals surface area (Å²) >= 11 is 0. The van der Waals surface area contributed by atoms with Crippen molar-refractivity contribution in [2.24, 2.45) is 0 Å². The fourth-order valence-corrected chi connectivity index (χ4v) is 1.98. The van der Waals surface area contributed by atoms with Crippen LogP contribution in [-0.4, -0.2) is 20.5 Å². The van der Waals surface area contributed by atoms with Crippen LogP contribution in [0, 0.1) is 6.92 Å². The lowest BCUT2D eigenvalue weighted by molar-refractivity contribution is 0.0691. The average Bonchev–Trinajstić information content (AvgIpc) is 2.73. The number of fused-ring (bicyclic) bond motifs is 3. The predicted molar refractivity (Wildman–Crippen MR) is 64.4 cm³/mol. The van der Waals surface area contributed by atoms with E-state index in [2.05, 4.69) is 4.98 Å². The Bertz CT molecular complexity index is 744. The first-order valence-electron chi connectivity index (χ1n) is 5.26. The van der Waals surface area contributed by atoms with Crippen LogP contribution in [0.2, 0.25) is 0 Å². The van der Waals surface area contributed by atoms with E-state index in [1.165, 1.54) is 6.20 Å². The Morgan fingerprint density at radius 2 is 2.18 bits per heavy atom. The number of nitrogens with zero attached hydrogens (tertiary/aromatic N) is 2. The average molecular weight is 226 g/mol. The Balaban J connectivity index is 2.45. The molecule has 0 amide bonds. The third-order valence-electron chi connectivity index (χ3n) is 2.82. The summed E-state index contributed by atoms with van der Waals surface area (Å²) in [5.41, 5.74) is 1.88. The molecular formula is C13H10N2O2. The molecular weight excluding hydrogens is 216 g/mol. The molecule has 4 heteroatoms. The van der Waals surface area contributed by atoms with Gasteiger partial charge in [0.05, 0.1) is 0 Å². The standard InChI is InChI=1S/C13H10N2O2/c1-8-2-3-9-4-5-15-7-11(13(16)17)14-12(15)10(9)6-8/h2-7H,1H3,(H,16,17). The summed E-state index contributed by atoms with van der Waals surface area (Å²) in [5.74, 6) is -1.01. The second kappa shape index (κ2) is 3.31. The Hall–Kier alpha value is -2.36. The minimum Gasteiger partial charge on any atom is -0.476 e. The Kier molecular flexibility index (Phi) is 1.92. The Morgan fingerprint density at radius 1 is 1.35 bits per heavy atom. The number of hydrogen-bond acceptors (Lipinski definition) is 2. The molecule has 0 bridgehead atoms. The second-order valence-corrected chi connectivity index (χ2v) is 4.07. The van der Waals surface area contributed by atoms with Gasteiger partial charge in [-0.2, -0.15) is 0 Å². The van der Waals surface area contributed by atoms with Crippen molar-refractivity contribution in [1.29, 1.82) is 0 Å². The van der Waals surface area contributed by atoms with Crippen molar-refractivity contribution in [3.8, 4) is 0 Å². The van der Waals surface area contributed by atoms with Crippen molar-refractivity contribution in [3.63, 3.8) is 0 Å². The van der Waals surface area contributed by atoms with Gasteiger partial charge >= 0.3 is 5.97 Å². The third kappa shape index (κ3) is 1.45. The van der Waals surface area contributed by atoms with Gasteiger partial charge in [0.2, 0.25) is 0 Å². The van der Waals surface area contributed by atoms with Gasteiger partial charge in [-0.15, -0.1) is 0 Å². The molecule has 0 saturated carbocycles. The molecule has 0 fully saturated rings. The molecule has 2 heterocycles. The first-order chi connectivity index (χ1) is 8.15. The highest BCUT2D eigenvalue weighted by atomic mass is 16.4. The number of pyridine rings is 1. The molecule has 0 aliphatic rings. The van der Waals surface area contributed by atoms with E-state index < -0.39 is 5.97 Å². The van der Waals surface area contributed by atoms with Crippen LogP contribution in [0.25, 0.3) is 16.4 Å². The predicted octanol–water partition coefficient (Wildman–Crippen LogP) is 2.49. The smallest absolute Gasteiger partial charge is 0.356 e. The summed E-state index contributed by atoms with van der Waals surface area (Å²) in [7, 11) is 0. The lowest BCUT2D eigenvalue weighted by atomic mass is 10.1. The van der Waals surface area contributed by atoms with Gasteiger partial charge in [-0.3, -0.25) is 0 Å². The van der Waals surface area contributed by atoms with Crippen LogP contribution in [0.1, 0.15) is 16.1 Å². The molecule has 0 radical (unpaired) electrons. The van der Waals surface area contributed by atoms with Crippen LogP contribution >= 0.6 is 0 Å². The molecule has 2 aromatic heterocycles. The maximum absolute atomic E-state index is 10.9. The monoisotopic (exact) mass is 226 g/mol. The molecule has 1 N–H and O–H groups in total.